The topological polar surface area (TPSA) is 29.5 Å². The van der Waals surface area contributed by atoms with Crippen LogP contribution in [-0.4, -0.2) is 10.2 Å². The third-order valence-corrected chi connectivity index (χ3v) is 7.72. The number of thiocarbonyl (C=S) groups is 1. The molecule has 0 spiro atoms. The van der Waals surface area contributed by atoms with Crippen molar-refractivity contribution in [2.75, 3.05) is 4.90 Å². The second-order valence-electron chi connectivity index (χ2n) is 7.26. The van der Waals surface area contributed by atoms with Crippen LogP contribution >= 0.6 is 67.4 Å². The molecule has 35 heavy (non-hydrogen) atoms. The maximum absolute atomic E-state index is 13.1. The first-order valence-corrected chi connectivity index (χ1v) is 13.0. The Bertz CT molecular complexity index is 1340. The highest BCUT2D eigenvalue weighted by atomic mass is 79.9. The maximum atomic E-state index is 13.1. The number of amides is 1. The molecule has 0 saturated carbocycles. The summed E-state index contributed by atoms with van der Waals surface area (Å²) in [5.41, 5.74) is 0.707. The maximum Gasteiger partial charge on any atom is 0.416 e. The molecular formula is C24H13Br2ClF3NO2S2. The quantitative estimate of drug-likeness (QED) is 0.202. The summed E-state index contributed by atoms with van der Waals surface area (Å²) in [6.45, 7) is 0.256. The van der Waals surface area contributed by atoms with Crippen molar-refractivity contribution in [3.05, 3.63) is 96.2 Å². The summed E-state index contributed by atoms with van der Waals surface area (Å²) < 4.78 is 46.7. The first-order chi connectivity index (χ1) is 16.5. The third-order valence-electron chi connectivity index (χ3n) is 4.87. The minimum Gasteiger partial charge on any atom is -0.486 e. The summed E-state index contributed by atoms with van der Waals surface area (Å²) in [5.74, 6) is 0.0594. The number of halogens is 6. The van der Waals surface area contributed by atoms with Crippen LogP contribution in [0.1, 0.15) is 16.7 Å². The summed E-state index contributed by atoms with van der Waals surface area (Å²) >= 11 is 19.5. The first kappa shape index (κ1) is 26.2. The molecule has 1 aliphatic heterocycles. The smallest absolute Gasteiger partial charge is 0.416 e. The molecule has 1 aliphatic rings. The number of anilines is 1. The highest BCUT2D eigenvalue weighted by Gasteiger charge is 2.36. The summed E-state index contributed by atoms with van der Waals surface area (Å²) in [7, 11) is 0. The van der Waals surface area contributed by atoms with Crippen LogP contribution < -0.4 is 9.64 Å². The Morgan fingerprint density at radius 3 is 2.40 bits per heavy atom. The zero-order valence-corrected chi connectivity index (χ0v) is 23.0. The van der Waals surface area contributed by atoms with E-state index >= 15 is 0 Å². The van der Waals surface area contributed by atoms with Crippen LogP contribution in [0.15, 0.2) is 74.5 Å². The van der Waals surface area contributed by atoms with Crippen molar-refractivity contribution in [2.45, 2.75) is 12.8 Å². The van der Waals surface area contributed by atoms with Gasteiger partial charge >= 0.3 is 6.18 Å². The fourth-order valence-corrected chi connectivity index (χ4v) is 6.17. The predicted molar refractivity (Wildman–Crippen MR) is 145 cm³/mol. The predicted octanol–water partition coefficient (Wildman–Crippen LogP) is 8.87. The van der Waals surface area contributed by atoms with Crippen LogP contribution in [0.4, 0.5) is 18.9 Å². The molecular weight excluding hydrogens is 651 g/mol. The minimum atomic E-state index is -4.53. The lowest BCUT2D eigenvalue weighted by atomic mass is 10.1. The molecule has 1 heterocycles. The van der Waals surface area contributed by atoms with E-state index in [1.54, 1.807) is 24.3 Å². The Labute approximate surface area is 230 Å². The highest BCUT2D eigenvalue weighted by Crippen LogP contribution is 2.40. The van der Waals surface area contributed by atoms with Gasteiger partial charge in [0.1, 0.15) is 12.4 Å². The average molecular weight is 664 g/mol. The van der Waals surface area contributed by atoms with Crippen LogP contribution in [0.5, 0.6) is 5.75 Å². The first-order valence-electron chi connectivity index (χ1n) is 9.85. The summed E-state index contributed by atoms with van der Waals surface area (Å²) in [6, 6.07) is 15.4. The number of hydrogen-bond acceptors (Lipinski definition) is 4. The Morgan fingerprint density at radius 1 is 1.06 bits per heavy atom. The Balaban J connectivity index is 1.56. The molecule has 1 amide bonds. The van der Waals surface area contributed by atoms with Crippen LogP contribution in [0.25, 0.3) is 6.08 Å². The van der Waals surface area contributed by atoms with Crippen molar-refractivity contribution >= 4 is 89.4 Å². The zero-order chi connectivity index (χ0) is 25.3. The van der Waals surface area contributed by atoms with Gasteiger partial charge in [0.15, 0.2) is 4.32 Å². The van der Waals surface area contributed by atoms with Gasteiger partial charge in [0.2, 0.25) is 0 Å². The molecule has 0 aromatic heterocycles. The number of thioether (sulfide) groups is 1. The van der Waals surface area contributed by atoms with Gasteiger partial charge in [-0.2, -0.15) is 13.2 Å². The summed E-state index contributed by atoms with van der Waals surface area (Å²) in [4.78, 5) is 14.4. The van der Waals surface area contributed by atoms with Gasteiger partial charge in [-0.25, -0.2) is 0 Å². The van der Waals surface area contributed by atoms with Crippen LogP contribution in [0.3, 0.4) is 0 Å². The molecule has 180 valence electrons. The number of nitrogens with zero attached hydrogens (tertiary/aromatic N) is 1. The van der Waals surface area contributed by atoms with Crippen molar-refractivity contribution in [2.24, 2.45) is 0 Å². The molecule has 0 atom stereocenters. The highest BCUT2D eigenvalue weighted by molar-refractivity contribution is 9.11. The molecule has 0 bridgehead atoms. The zero-order valence-electron chi connectivity index (χ0n) is 17.4. The van der Waals surface area contributed by atoms with Gasteiger partial charge < -0.3 is 4.74 Å². The third kappa shape index (κ3) is 5.94. The van der Waals surface area contributed by atoms with Gasteiger partial charge in [0.05, 0.1) is 25.1 Å². The molecule has 0 aliphatic carbocycles. The lowest BCUT2D eigenvalue weighted by molar-refractivity contribution is -0.137. The standard InChI is InChI=1S/C24H13Br2ClF3NO2S2/c25-17-8-13(9-18(26)21(17)33-12-14-4-1-2-7-19(14)27)10-20-22(32)31(23(34)35-20)16-6-3-5-15(11-16)24(28,29)30/h1-11H,12H2/b20-10-. The van der Waals surface area contributed by atoms with E-state index in [9.17, 15) is 18.0 Å². The Kier molecular flexibility index (Phi) is 7.97. The number of hydrogen-bond donors (Lipinski definition) is 0. The van der Waals surface area contributed by atoms with E-state index in [0.29, 0.717) is 25.3 Å². The Morgan fingerprint density at radius 2 is 1.74 bits per heavy atom. The largest absolute Gasteiger partial charge is 0.486 e. The van der Waals surface area contributed by atoms with Gasteiger partial charge in [0, 0.05) is 10.6 Å². The van der Waals surface area contributed by atoms with Crippen molar-refractivity contribution in [1.29, 1.82) is 0 Å². The van der Waals surface area contributed by atoms with Crippen molar-refractivity contribution in [3.8, 4) is 5.75 Å². The molecule has 3 aromatic rings. The molecule has 0 N–H and O–H groups in total. The normalized spacial score (nSPS) is 15.3. The number of ether oxygens (including phenoxy) is 1. The second kappa shape index (κ2) is 10.6. The van der Waals surface area contributed by atoms with Gasteiger partial charge in [-0.3, -0.25) is 9.69 Å². The van der Waals surface area contributed by atoms with Gasteiger partial charge in [-0.05, 0) is 79.9 Å². The van der Waals surface area contributed by atoms with Crippen LogP contribution in [-0.2, 0) is 17.6 Å². The fraction of sp³-hybridized carbons (Fsp3) is 0.0833. The summed E-state index contributed by atoms with van der Waals surface area (Å²) in [5, 5.41) is 0.596. The molecule has 0 radical (unpaired) electrons. The van der Waals surface area contributed by atoms with E-state index in [4.69, 9.17) is 28.6 Å². The van der Waals surface area contributed by atoms with Crippen molar-refractivity contribution in [1.82, 2.24) is 0 Å². The molecule has 3 nitrogen and oxygen atoms in total. The lowest BCUT2D eigenvalue weighted by Crippen LogP contribution is -2.27. The number of alkyl halides is 3. The van der Waals surface area contributed by atoms with Crippen molar-refractivity contribution in [3.63, 3.8) is 0 Å². The lowest BCUT2D eigenvalue weighted by Gasteiger charge is -2.16. The summed E-state index contributed by atoms with van der Waals surface area (Å²) in [6.07, 6.45) is -2.90. The van der Waals surface area contributed by atoms with E-state index in [0.717, 1.165) is 34.4 Å². The van der Waals surface area contributed by atoms with Crippen molar-refractivity contribution < 1.29 is 22.7 Å². The molecule has 3 aromatic carbocycles. The van der Waals surface area contributed by atoms with Crippen LogP contribution in [0.2, 0.25) is 5.02 Å². The van der Waals surface area contributed by atoms with E-state index in [-0.39, 0.29) is 21.5 Å². The fourth-order valence-electron chi connectivity index (χ4n) is 3.23. The monoisotopic (exact) mass is 661 g/mol. The molecule has 4 rings (SSSR count). The average Bonchev–Trinajstić information content (AvgIpc) is 3.06. The molecule has 11 heteroatoms. The number of carbonyl (C=O) groups excluding carboxylic acids is 1. The Hall–Kier alpha value is -1.85. The SMILES string of the molecule is O=C1/C(=C/c2cc(Br)c(OCc3ccccc3Cl)c(Br)c2)SC(=S)N1c1cccc(C(F)(F)F)c1. The van der Waals surface area contributed by atoms with E-state index in [1.165, 1.54) is 12.1 Å². The number of carbonyl (C=O) groups is 1. The number of rotatable bonds is 5. The van der Waals surface area contributed by atoms with E-state index in [1.807, 2.05) is 18.2 Å². The molecule has 1 fully saturated rings. The second-order valence-corrected chi connectivity index (χ2v) is 11.1. The van der Waals surface area contributed by atoms with Gasteiger partial charge in [-0.1, -0.05) is 59.8 Å². The van der Waals surface area contributed by atoms with Crippen LogP contribution in [0, 0.1) is 0 Å². The van der Waals surface area contributed by atoms with Gasteiger partial charge in [0.25, 0.3) is 5.91 Å². The molecule has 1 saturated heterocycles. The van der Waals surface area contributed by atoms with E-state index in [2.05, 4.69) is 31.9 Å². The molecule has 0 unspecified atom stereocenters. The van der Waals surface area contributed by atoms with E-state index < -0.39 is 17.6 Å². The minimum absolute atomic E-state index is 0.0661. The number of benzene rings is 3. The van der Waals surface area contributed by atoms with Gasteiger partial charge in [-0.15, -0.1) is 0 Å².